The summed E-state index contributed by atoms with van der Waals surface area (Å²) in [5.74, 6) is 1.41. The first-order valence-corrected chi connectivity index (χ1v) is 8.95. The van der Waals surface area contributed by atoms with Gasteiger partial charge in [0.15, 0.2) is 5.17 Å². The molecule has 1 saturated heterocycles. The number of nitrogens with one attached hydrogen (secondary N) is 1. The summed E-state index contributed by atoms with van der Waals surface area (Å²) in [6.07, 6.45) is 8.99. The monoisotopic (exact) mass is 295 g/mol. The predicted molar refractivity (Wildman–Crippen MR) is 84.1 cm³/mol. The van der Waals surface area contributed by atoms with Crippen LogP contribution in [0.4, 0.5) is 0 Å². The molecule has 1 aliphatic carbocycles. The van der Waals surface area contributed by atoms with E-state index in [9.17, 15) is 4.79 Å². The first-order chi connectivity index (χ1) is 9.77. The summed E-state index contributed by atoms with van der Waals surface area (Å²) in [6, 6.07) is 0. The van der Waals surface area contributed by atoms with Crippen LogP contribution in [0, 0.1) is 5.41 Å². The summed E-state index contributed by atoms with van der Waals surface area (Å²) in [7, 11) is 0. The number of hydrogen-bond donors (Lipinski definition) is 1. The molecule has 2 aliphatic heterocycles. The average molecular weight is 295 g/mol. The molecule has 2 fully saturated rings. The average Bonchev–Trinajstić information content (AvgIpc) is 2.96. The minimum absolute atomic E-state index is 0.231. The van der Waals surface area contributed by atoms with E-state index in [1.165, 1.54) is 37.9 Å². The minimum Gasteiger partial charge on any atom is -0.356 e. The quantitative estimate of drug-likeness (QED) is 0.850. The third kappa shape index (κ3) is 3.30. The van der Waals surface area contributed by atoms with Gasteiger partial charge in [-0.15, -0.1) is 0 Å². The van der Waals surface area contributed by atoms with Crippen LogP contribution in [-0.4, -0.2) is 47.9 Å². The van der Waals surface area contributed by atoms with Gasteiger partial charge in [-0.05, 0) is 37.5 Å². The Labute approximate surface area is 125 Å². The van der Waals surface area contributed by atoms with Gasteiger partial charge in [0.25, 0.3) is 0 Å². The first kappa shape index (κ1) is 14.2. The summed E-state index contributed by atoms with van der Waals surface area (Å²) in [4.78, 5) is 18.8. The molecule has 4 nitrogen and oxygen atoms in total. The molecule has 2 heterocycles. The maximum Gasteiger partial charge on any atom is 0.241 e. The highest BCUT2D eigenvalue weighted by Gasteiger charge is 2.36. The maximum absolute atomic E-state index is 12.1. The topological polar surface area (TPSA) is 44.7 Å². The van der Waals surface area contributed by atoms with Crippen LogP contribution < -0.4 is 5.32 Å². The Kier molecular flexibility index (Phi) is 4.54. The summed E-state index contributed by atoms with van der Waals surface area (Å²) in [6.45, 7) is 3.24. The van der Waals surface area contributed by atoms with Crippen molar-refractivity contribution in [3.63, 3.8) is 0 Å². The second-order valence-corrected chi connectivity index (χ2v) is 7.38. The van der Waals surface area contributed by atoms with Crippen molar-refractivity contribution in [2.45, 2.75) is 44.9 Å². The molecule has 1 N–H and O–H groups in total. The summed E-state index contributed by atoms with van der Waals surface area (Å²) >= 11 is 1.82. The molecule has 1 spiro atoms. The second-order valence-electron chi connectivity index (χ2n) is 6.41. The van der Waals surface area contributed by atoms with Crippen molar-refractivity contribution in [1.29, 1.82) is 0 Å². The zero-order valence-corrected chi connectivity index (χ0v) is 13.0. The summed E-state index contributed by atoms with van der Waals surface area (Å²) < 4.78 is 0. The number of carbonyl (C=O) groups is 1. The molecule has 1 amide bonds. The number of carbonyl (C=O) groups excluding carboxylic acids is 1. The van der Waals surface area contributed by atoms with E-state index in [4.69, 9.17) is 0 Å². The Hall–Kier alpha value is -0.710. The highest BCUT2D eigenvalue weighted by Crippen LogP contribution is 2.43. The van der Waals surface area contributed by atoms with Crippen LogP contribution in [0.5, 0.6) is 0 Å². The lowest BCUT2D eigenvalue weighted by molar-refractivity contribution is -0.130. The van der Waals surface area contributed by atoms with Crippen molar-refractivity contribution in [2.24, 2.45) is 10.4 Å². The molecule has 0 aromatic heterocycles. The Bertz CT molecular complexity index is 385. The van der Waals surface area contributed by atoms with E-state index in [-0.39, 0.29) is 5.91 Å². The largest absolute Gasteiger partial charge is 0.356 e. The third-order valence-corrected chi connectivity index (χ3v) is 6.14. The molecule has 0 radical (unpaired) electrons. The SMILES string of the molecule is O=C(CNC1=NCC2(CCCC2)CS1)N1CCCCC1. The Morgan fingerprint density at radius 3 is 2.60 bits per heavy atom. The fourth-order valence-corrected chi connectivity index (χ4v) is 4.65. The minimum atomic E-state index is 0.231. The number of amidine groups is 1. The smallest absolute Gasteiger partial charge is 0.241 e. The van der Waals surface area contributed by atoms with E-state index in [1.807, 2.05) is 16.7 Å². The number of hydrogen-bond acceptors (Lipinski definition) is 4. The zero-order chi connectivity index (χ0) is 13.8. The van der Waals surface area contributed by atoms with Gasteiger partial charge in [-0.25, -0.2) is 0 Å². The highest BCUT2D eigenvalue weighted by atomic mass is 32.2. The number of piperidine rings is 1. The van der Waals surface area contributed by atoms with Gasteiger partial charge in [0.05, 0.1) is 6.54 Å². The zero-order valence-electron chi connectivity index (χ0n) is 12.2. The number of thioether (sulfide) groups is 1. The van der Waals surface area contributed by atoms with Crippen LogP contribution >= 0.6 is 11.8 Å². The molecule has 0 unspecified atom stereocenters. The molecule has 3 aliphatic rings. The number of rotatable bonds is 2. The fraction of sp³-hybridized carbons (Fsp3) is 0.867. The van der Waals surface area contributed by atoms with Crippen molar-refractivity contribution < 1.29 is 4.79 Å². The van der Waals surface area contributed by atoms with Crippen LogP contribution in [0.25, 0.3) is 0 Å². The number of likely N-dealkylation sites (tertiary alicyclic amines) is 1. The van der Waals surface area contributed by atoms with Gasteiger partial charge in [0.1, 0.15) is 0 Å². The standard InChI is InChI=1S/C15H25N3OS/c19-13(18-8-4-1-5-9-18)10-16-14-17-11-15(12-20-14)6-2-3-7-15/h1-12H2,(H,16,17). The normalized spacial score (nSPS) is 25.6. The lowest BCUT2D eigenvalue weighted by atomic mass is 9.89. The van der Waals surface area contributed by atoms with E-state index >= 15 is 0 Å². The fourth-order valence-electron chi connectivity index (χ4n) is 3.49. The predicted octanol–water partition coefficient (Wildman–Crippen LogP) is 2.25. The lowest BCUT2D eigenvalue weighted by Gasteiger charge is -2.31. The van der Waals surface area contributed by atoms with E-state index in [1.54, 1.807) is 0 Å². The molecular formula is C15H25N3OS. The van der Waals surface area contributed by atoms with Gasteiger partial charge < -0.3 is 10.2 Å². The van der Waals surface area contributed by atoms with Gasteiger partial charge >= 0.3 is 0 Å². The Balaban J connectivity index is 1.44. The van der Waals surface area contributed by atoms with E-state index in [0.29, 0.717) is 12.0 Å². The van der Waals surface area contributed by atoms with Crippen molar-refractivity contribution in [3.8, 4) is 0 Å². The first-order valence-electron chi connectivity index (χ1n) is 7.96. The van der Waals surface area contributed by atoms with Crippen molar-refractivity contribution >= 4 is 22.8 Å². The van der Waals surface area contributed by atoms with Crippen LogP contribution in [0.3, 0.4) is 0 Å². The van der Waals surface area contributed by atoms with Crippen molar-refractivity contribution in [1.82, 2.24) is 10.2 Å². The van der Waals surface area contributed by atoms with Gasteiger partial charge in [0.2, 0.25) is 5.91 Å². The molecule has 1 saturated carbocycles. The second kappa shape index (κ2) is 6.37. The molecule has 5 heteroatoms. The van der Waals surface area contributed by atoms with Gasteiger partial charge in [-0.1, -0.05) is 24.6 Å². The molecule has 0 bridgehead atoms. The van der Waals surface area contributed by atoms with Crippen LogP contribution in [0.2, 0.25) is 0 Å². The van der Waals surface area contributed by atoms with Gasteiger partial charge in [-0.3, -0.25) is 9.79 Å². The summed E-state index contributed by atoms with van der Waals surface area (Å²) in [5, 5.41) is 4.23. The van der Waals surface area contributed by atoms with Crippen LogP contribution in [0.15, 0.2) is 4.99 Å². The molecule has 0 atom stereocenters. The maximum atomic E-state index is 12.1. The Morgan fingerprint density at radius 2 is 1.95 bits per heavy atom. The van der Waals surface area contributed by atoms with Gasteiger partial charge in [-0.2, -0.15) is 0 Å². The molecule has 0 aromatic carbocycles. The van der Waals surface area contributed by atoms with Crippen LogP contribution in [0.1, 0.15) is 44.9 Å². The molecule has 112 valence electrons. The molecule has 0 aromatic rings. The van der Waals surface area contributed by atoms with E-state index < -0.39 is 0 Å². The molecule has 3 rings (SSSR count). The van der Waals surface area contributed by atoms with E-state index in [0.717, 1.165) is 37.6 Å². The van der Waals surface area contributed by atoms with Crippen molar-refractivity contribution in [3.05, 3.63) is 0 Å². The van der Waals surface area contributed by atoms with Crippen LogP contribution in [-0.2, 0) is 4.79 Å². The van der Waals surface area contributed by atoms with Crippen molar-refractivity contribution in [2.75, 3.05) is 31.9 Å². The molecular weight excluding hydrogens is 270 g/mol. The third-order valence-electron chi connectivity index (χ3n) is 4.84. The number of nitrogens with zero attached hydrogens (tertiary/aromatic N) is 2. The van der Waals surface area contributed by atoms with E-state index in [2.05, 4.69) is 10.3 Å². The van der Waals surface area contributed by atoms with Gasteiger partial charge in [0, 0.05) is 25.4 Å². The highest BCUT2D eigenvalue weighted by molar-refractivity contribution is 8.13. The number of amides is 1. The number of aliphatic imine (C=N–C) groups is 1. The molecule has 20 heavy (non-hydrogen) atoms. The lowest BCUT2D eigenvalue weighted by Crippen LogP contribution is -2.43. The Morgan fingerprint density at radius 1 is 1.20 bits per heavy atom. The summed E-state index contributed by atoms with van der Waals surface area (Å²) in [5.41, 5.74) is 0.479.